The number of aromatic nitrogens is 3. The van der Waals surface area contributed by atoms with Gasteiger partial charge in [0.15, 0.2) is 43.0 Å². The number of hydrogen-bond donors (Lipinski definition) is 1. The number of fused-ring (bicyclic) bond motifs is 6. The van der Waals surface area contributed by atoms with Crippen LogP contribution in [-0.2, 0) is 92.2 Å². The Kier molecular flexibility index (Phi) is 17.2. The van der Waals surface area contributed by atoms with Crippen molar-refractivity contribution in [2.24, 2.45) is 35.0 Å². The molecule has 1 aromatic rings. The molecule has 0 aromatic carbocycles. The molecular formula is C56H78N4O19. The van der Waals surface area contributed by atoms with Gasteiger partial charge in [0.2, 0.25) is 0 Å². The number of rotatable bonds is 14. The first-order valence-corrected chi connectivity index (χ1v) is 27.9. The van der Waals surface area contributed by atoms with Crippen LogP contribution in [0.25, 0.3) is 0 Å². The lowest BCUT2D eigenvalue weighted by molar-refractivity contribution is -0.349. The molecule has 8 aliphatic rings. The molecule has 0 bridgehead atoms. The normalized spacial score (nSPS) is 39.7. The van der Waals surface area contributed by atoms with E-state index in [1.54, 1.807) is 11.8 Å². The molecule has 1 aromatic heterocycles. The molecule has 6 fully saturated rings. The highest BCUT2D eigenvalue weighted by Gasteiger charge is 2.63. The molecule has 4 saturated heterocycles. The van der Waals surface area contributed by atoms with Crippen LogP contribution >= 0.6 is 0 Å². The van der Waals surface area contributed by atoms with Gasteiger partial charge in [0.05, 0.1) is 29.7 Å². The second kappa shape index (κ2) is 23.3. The number of allylic oxidation sites excluding steroid dienone is 2. The van der Waals surface area contributed by atoms with Crippen LogP contribution in [0.4, 0.5) is 0 Å². The Hall–Kier alpha value is -5.33. The minimum absolute atomic E-state index is 0.0314. The van der Waals surface area contributed by atoms with Crippen LogP contribution < -0.4 is 0 Å². The molecule has 0 unspecified atom stereocenters. The van der Waals surface area contributed by atoms with Crippen molar-refractivity contribution in [3.05, 3.63) is 34.7 Å². The fourth-order valence-corrected chi connectivity index (χ4v) is 15.1. The van der Waals surface area contributed by atoms with E-state index in [-0.39, 0.29) is 29.6 Å². The Morgan fingerprint density at radius 3 is 1.96 bits per heavy atom. The second-order valence-electron chi connectivity index (χ2n) is 23.5. The highest BCUT2D eigenvalue weighted by atomic mass is 16.8. The van der Waals surface area contributed by atoms with Crippen molar-refractivity contribution in [3.63, 3.8) is 0 Å². The molecule has 5 heterocycles. The van der Waals surface area contributed by atoms with Crippen LogP contribution in [0.2, 0.25) is 0 Å². The first kappa shape index (κ1) is 58.3. The van der Waals surface area contributed by atoms with Gasteiger partial charge in [-0.05, 0) is 93.0 Å². The van der Waals surface area contributed by atoms with Crippen molar-refractivity contribution in [2.45, 2.75) is 219 Å². The van der Waals surface area contributed by atoms with Gasteiger partial charge in [0.1, 0.15) is 31.5 Å². The topological polar surface area (TPSA) is 275 Å². The van der Waals surface area contributed by atoms with Gasteiger partial charge in [0, 0.05) is 73.5 Å². The molecule has 4 aliphatic carbocycles. The monoisotopic (exact) mass is 1110 g/mol. The van der Waals surface area contributed by atoms with E-state index in [0.717, 1.165) is 106 Å². The van der Waals surface area contributed by atoms with Gasteiger partial charge in [-0.25, -0.2) is 4.68 Å². The third-order valence-electron chi connectivity index (χ3n) is 18.2. The van der Waals surface area contributed by atoms with Crippen molar-refractivity contribution in [3.8, 4) is 0 Å². The zero-order chi connectivity index (χ0) is 57.0. The molecule has 9 rings (SSSR count). The zero-order valence-corrected chi connectivity index (χ0v) is 47.1. The number of piperidine rings is 1. The largest absolute Gasteiger partial charge is 0.463 e. The van der Waals surface area contributed by atoms with Gasteiger partial charge in [0.25, 0.3) is 0 Å². The number of ether oxygens (including phenoxy) is 11. The zero-order valence-electron chi connectivity index (χ0n) is 47.1. The van der Waals surface area contributed by atoms with Crippen molar-refractivity contribution < 1.29 is 90.8 Å². The Balaban J connectivity index is 1.00. The summed E-state index contributed by atoms with van der Waals surface area (Å²) in [4.78, 5) is 91.1. The number of aliphatic hydroxyl groups is 1. The number of hydrogen-bond acceptors (Lipinski definition) is 22. The van der Waals surface area contributed by atoms with Gasteiger partial charge in [-0.15, -0.1) is 5.10 Å². The van der Waals surface area contributed by atoms with Crippen molar-refractivity contribution in [1.82, 2.24) is 19.9 Å². The summed E-state index contributed by atoms with van der Waals surface area (Å²) in [6.07, 6.45) is -4.19. The van der Waals surface area contributed by atoms with E-state index in [1.165, 1.54) is 15.8 Å². The number of nitrogens with zero attached hydrogens (tertiary/aromatic N) is 4. The van der Waals surface area contributed by atoms with Gasteiger partial charge in [-0.2, -0.15) is 0 Å². The Bertz CT molecular complexity index is 2580. The van der Waals surface area contributed by atoms with Crippen LogP contribution in [0.1, 0.15) is 139 Å². The van der Waals surface area contributed by atoms with E-state index in [9.17, 15) is 38.7 Å². The molecule has 1 N–H and O–H groups in total. The van der Waals surface area contributed by atoms with E-state index in [4.69, 9.17) is 52.1 Å². The average Bonchev–Trinajstić information content (AvgIpc) is 4.28. The predicted octanol–water partition coefficient (Wildman–Crippen LogP) is 4.30. The van der Waals surface area contributed by atoms with E-state index in [1.807, 2.05) is 0 Å². The summed E-state index contributed by atoms with van der Waals surface area (Å²) in [5.74, 6) is -3.70. The summed E-state index contributed by atoms with van der Waals surface area (Å²) in [7, 11) is 0. The van der Waals surface area contributed by atoms with Crippen LogP contribution in [0, 0.1) is 35.0 Å². The summed E-state index contributed by atoms with van der Waals surface area (Å²) in [6.45, 7) is 17.1. The van der Waals surface area contributed by atoms with E-state index >= 15 is 0 Å². The summed E-state index contributed by atoms with van der Waals surface area (Å²) in [5, 5.41) is 19.7. The number of esters is 7. The molecule has 20 atom stereocenters. The Labute approximate surface area is 459 Å². The molecule has 79 heavy (non-hydrogen) atoms. The summed E-state index contributed by atoms with van der Waals surface area (Å²) in [6, 6.07) is 0.0537. The minimum Gasteiger partial charge on any atom is -0.463 e. The molecule has 4 aliphatic heterocycles. The maximum atomic E-state index is 13.2. The predicted molar refractivity (Wildman–Crippen MR) is 271 cm³/mol. The highest BCUT2D eigenvalue weighted by Crippen LogP contribution is 2.65. The fourth-order valence-electron chi connectivity index (χ4n) is 15.1. The fraction of sp³-hybridized carbons (Fsp3) is 0.768. The maximum Gasteiger partial charge on any atom is 0.303 e. The standard InChI is InChI=1S/C56H78N4O19/c1-26-18-43-46(28(3)56(79-43)17-15-39-40-13-12-36-19-38(68)14-16-55(36,11)42(40)20-41(39)27(56)2)59(21-26)22-37-23-60(58-57-37)53-51(74-34(9)66)49(72-32(7)64)48(44(76-53)24-69-29(4)61)78-54-52(75-35(10)67)50(73-33(8)65)47(71-31(6)63)45(77-54)25-70-30(5)62/h12,23,26,28,38-40,42-54,68H,13-22,24-25H2,1-11H3/t26-,28+,38-,39-,40-,42-,43+,44+,45+,46-,47-,48+,49-,50-,51+,52+,53+,54-,55-,56-/m0/s1. The Morgan fingerprint density at radius 1 is 0.734 bits per heavy atom. The number of carbonyl (C=O) groups excluding carboxylic acids is 7. The summed E-state index contributed by atoms with van der Waals surface area (Å²) in [5.41, 5.74) is 4.66. The summed E-state index contributed by atoms with van der Waals surface area (Å²) < 4.78 is 67.6. The van der Waals surface area contributed by atoms with Crippen LogP contribution in [-0.4, -0.2) is 166 Å². The molecule has 1 spiro atoms. The Morgan fingerprint density at radius 2 is 1.33 bits per heavy atom. The number of aliphatic hydroxyl groups excluding tert-OH is 1. The third-order valence-corrected chi connectivity index (χ3v) is 18.2. The lowest BCUT2D eigenvalue weighted by Crippen LogP contribution is -2.66. The molecule has 436 valence electrons. The second-order valence-corrected chi connectivity index (χ2v) is 23.5. The molecule has 0 amide bonds. The number of likely N-dealkylation sites (tertiary alicyclic amines) is 1. The molecule has 23 nitrogen and oxygen atoms in total. The van der Waals surface area contributed by atoms with Crippen molar-refractivity contribution in [2.75, 3.05) is 19.8 Å². The highest BCUT2D eigenvalue weighted by molar-refractivity contribution is 5.69. The van der Waals surface area contributed by atoms with E-state index in [2.05, 4.69) is 49.0 Å². The molecule has 23 heteroatoms. The molecular weight excluding hydrogens is 1030 g/mol. The van der Waals surface area contributed by atoms with Crippen LogP contribution in [0.5, 0.6) is 0 Å². The quantitative estimate of drug-likeness (QED) is 0.154. The average molecular weight is 1110 g/mol. The first-order valence-electron chi connectivity index (χ1n) is 27.9. The lowest BCUT2D eigenvalue weighted by atomic mass is 9.56. The third kappa shape index (κ3) is 11.8. The lowest BCUT2D eigenvalue weighted by Gasteiger charge is -2.49. The van der Waals surface area contributed by atoms with Crippen molar-refractivity contribution in [1.29, 1.82) is 0 Å². The van der Waals surface area contributed by atoms with Gasteiger partial charge < -0.3 is 57.2 Å². The number of carbonyl (C=O) groups is 7. The minimum atomic E-state index is -1.82. The summed E-state index contributed by atoms with van der Waals surface area (Å²) >= 11 is 0. The van der Waals surface area contributed by atoms with Crippen molar-refractivity contribution >= 4 is 41.8 Å². The first-order chi connectivity index (χ1) is 37.4. The smallest absolute Gasteiger partial charge is 0.303 e. The van der Waals surface area contributed by atoms with E-state index < -0.39 is 122 Å². The SMILES string of the molecule is CC(=O)OC[C@H]1O[C@@H](O[C@H]2[C@H](OC(C)=O)[C@@H](OC(C)=O)[C@H](n3cc(CN4C[C@@H](C)C[C@H]5O[C@]6(CC[C@@H]7C(=C6C)C[C@H]6[C@H]7CC=C7C[C@@H](O)CC[C@@]76C)[C@H](C)[C@@H]54)nn3)O[C@@H]2COC(C)=O)[C@H](OC(C)=O)[C@@H](OC(C)=O)[C@H]1OC(C)=O. The van der Waals surface area contributed by atoms with Crippen LogP contribution in [0.15, 0.2) is 29.0 Å². The maximum absolute atomic E-state index is 13.2. The molecule has 2 saturated carbocycles. The van der Waals surface area contributed by atoms with Gasteiger partial charge in [-0.3, -0.25) is 38.5 Å². The molecule has 0 radical (unpaired) electrons. The van der Waals surface area contributed by atoms with E-state index in [0.29, 0.717) is 35.9 Å². The van der Waals surface area contributed by atoms with Crippen LogP contribution in [0.3, 0.4) is 0 Å². The van der Waals surface area contributed by atoms with Gasteiger partial charge >= 0.3 is 41.8 Å². The van der Waals surface area contributed by atoms with Gasteiger partial charge in [-0.1, -0.05) is 43.2 Å².